The number of carbonyl (C=O) groups is 1. The minimum atomic E-state index is -0.805. The normalized spacial score (nSPS) is 16.1. The predicted molar refractivity (Wildman–Crippen MR) is 108 cm³/mol. The first-order valence-electron chi connectivity index (χ1n) is 9.14. The average Bonchev–Trinajstić information content (AvgIpc) is 3.14. The van der Waals surface area contributed by atoms with Crippen molar-refractivity contribution in [3.8, 4) is 11.5 Å². The van der Waals surface area contributed by atoms with Crippen LogP contribution in [0.15, 0.2) is 36.4 Å². The molecule has 28 heavy (non-hydrogen) atoms. The molecule has 3 aromatic rings. The van der Waals surface area contributed by atoms with Crippen molar-refractivity contribution in [2.45, 2.75) is 25.5 Å². The maximum absolute atomic E-state index is 12.8. The number of β-amino-alcohol motifs (C(OH)–C–C–N with tert-alkyl or cyclic N) is 1. The number of nitrogens with zero attached hydrogens (tertiary/aromatic N) is 2. The van der Waals surface area contributed by atoms with Crippen LogP contribution < -0.4 is 9.47 Å². The quantitative estimate of drug-likeness (QED) is 0.714. The number of para-hydroxylation sites is 1. The molecule has 0 unspecified atom stereocenters. The number of thiazole rings is 1. The Morgan fingerprint density at radius 1 is 1.21 bits per heavy atom. The molecule has 1 aliphatic heterocycles. The summed E-state index contributed by atoms with van der Waals surface area (Å²) in [5.74, 6) is 1.26. The maximum Gasteiger partial charge on any atom is 0.223 e. The third kappa shape index (κ3) is 3.43. The summed E-state index contributed by atoms with van der Waals surface area (Å²) < 4.78 is 12.0. The second kappa shape index (κ2) is 7.77. The number of amides is 1. The highest BCUT2D eigenvalue weighted by Gasteiger charge is 2.31. The van der Waals surface area contributed by atoms with E-state index in [1.165, 1.54) is 0 Å². The van der Waals surface area contributed by atoms with Crippen LogP contribution in [0.5, 0.6) is 11.5 Å². The number of hydrogen-bond donors (Lipinski definition) is 1. The summed E-state index contributed by atoms with van der Waals surface area (Å²) in [5.41, 5.74) is 2.47. The van der Waals surface area contributed by atoms with Gasteiger partial charge in [0.05, 0.1) is 36.0 Å². The molecule has 1 amide bonds. The Labute approximate surface area is 167 Å². The zero-order valence-electron chi connectivity index (χ0n) is 15.8. The van der Waals surface area contributed by atoms with Crippen LogP contribution in [-0.2, 0) is 17.8 Å². The zero-order chi connectivity index (χ0) is 19.7. The Morgan fingerprint density at radius 2 is 1.96 bits per heavy atom. The van der Waals surface area contributed by atoms with Gasteiger partial charge in [-0.05, 0) is 24.3 Å². The van der Waals surface area contributed by atoms with Gasteiger partial charge in [-0.1, -0.05) is 12.1 Å². The summed E-state index contributed by atoms with van der Waals surface area (Å²) in [4.78, 5) is 19.1. The molecule has 0 aliphatic carbocycles. The molecule has 2 heterocycles. The summed E-state index contributed by atoms with van der Waals surface area (Å²) in [5, 5.41) is 11.6. The molecule has 2 aromatic carbocycles. The molecular weight excluding hydrogens is 376 g/mol. The Balaban J connectivity index is 1.50. The summed E-state index contributed by atoms with van der Waals surface area (Å²) in [6.45, 7) is 0.640. The van der Waals surface area contributed by atoms with Crippen LogP contribution in [0.3, 0.4) is 0 Å². The van der Waals surface area contributed by atoms with E-state index in [-0.39, 0.29) is 12.5 Å². The molecule has 0 bridgehead atoms. The number of hydrogen-bond acceptors (Lipinski definition) is 6. The van der Waals surface area contributed by atoms with Crippen molar-refractivity contribution in [2.24, 2.45) is 0 Å². The van der Waals surface area contributed by atoms with Crippen molar-refractivity contribution in [2.75, 3.05) is 20.8 Å². The van der Waals surface area contributed by atoms with Gasteiger partial charge in [-0.3, -0.25) is 4.79 Å². The van der Waals surface area contributed by atoms with Gasteiger partial charge in [0.1, 0.15) is 17.6 Å². The number of benzene rings is 2. The van der Waals surface area contributed by atoms with Crippen molar-refractivity contribution in [3.63, 3.8) is 0 Å². The van der Waals surface area contributed by atoms with Crippen molar-refractivity contribution in [1.82, 2.24) is 9.88 Å². The van der Waals surface area contributed by atoms with Gasteiger partial charge in [0.25, 0.3) is 0 Å². The maximum atomic E-state index is 12.8. The van der Waals surface area contributed by atoms with E-state index in [9.17, 15) is 9.90 Å². The van der Waals surface area contributed by atoms with Crippen molar-refractivity contribution in [1.29, 1.82) is 0 Å². The van der Waals surface area contributed by atoms with Crippen molar-refractivity contribution >= 4 is 27.5 Å². The first kappa shape index (κ1) is 18.7. The van der Waals surface area contributed by atoms with Crippen molar-refractivity contribution in [3.05, 3.63) is 52.5 Å². The van der Waals surface area contributed by atoms with Crippen molar-refractivity contribution < 1.29 is 19.4 Å². The van der Waals surface area contributed by atoms with Gasteiger partial charge >= 0.3 is 0 Å². The summed E-state index contributed by atoms with van der Waals surface area (Å²) in [7, 11) is 3.16. The fourth-order valence-corrected chi connectivity index (χ4v) is 4.63. The minimum absolute atomic E-state index is 0.00571. The molecular formula is C21H22N2O4S. The van der Waals surface area contributed by atoms with E-state index >= 15 is 0 Å². The number of aromatic nitrogens is 1. The van der Waals surface area contributed by atoms with Crippen LogP contribution in [0.4, 0.5) is 0 Å². The lowest BCUT2D eigenvalue weighted by atomic mass is 9.95. The lowest BCUT2D eigenvalue weighted by Crippen LogP contribution is -2.38. The lowest BCUT2D eigenvalue weighted by molar-refractivity contribution is -0.134. The molecule has 1 aromatic heterocycles. The highest BCUT2D eigenvalue weighted by atomic mass is 32.1. The minimum Gasteiger partial charge on any atom is -0.496 e. The van der Waals surface area contributed by atoms with E-state index < -0.39 is 6.10 Å². The van der Waals surface area contributed by atoms with Crippen LogP contribution >= 0.6 is 11.3 Å². The molecule has 0 radical (unpaired) electrons. The monoisotopic (exact) mass is 398 g/mol. The van der Waals surface area contributed by atoms with Gasteiger partial charge in [0.15, 0.2) is 0 Å². The molecule has 0 saturated carbocycles. The molecule has 1 aliphatic rings. The number of carbonyl (C=O) groups excluding carboxylic acids is 1. The second-order valence-electron chi connectivity index (χ2n) is 6.73. The van der Waals surface area contributed by atoms with E-state index in [0.717, 1.165) is 20.8 Å². The summed E-state index contributed by atoms with van der Waals surface area (Å²) >= 11 is 1.62. The van der Waals surface area contributed by atoms with Crippen LogP contribution in [0.1, 0.15) is 28.7 Å². The van der Waals surface area contributed by atoms with E-state index in [4.69, 9.17) is 9.47 Å². The van der Waals surface area contributed by atoms with Crippen LogP contribution in [0, 0.1) is 0 Å². The van der Waals surface area contributed by atoms with Gasteiger partial charge in [-0.15, -0.1) is 11.3 Å². The number of methoxy groups -OCH3 is 2. The fourth-order valence-electron chi connectivity index (χ4n) is 3.67. The molecule has 146 valence electrons. The van der Waals surface area contributed by atoms with Gasteiger partial charge in [0, 0.05) is 30.5 Å². The highest BCUT2D eigenvalue weighted by Crippen LogP contribution is 2.39. The van der Waals surface area contributed by atoms with Gasteiger partial charge in [0.2, 0.25) is 5.91 Å². The Morgan fingerprint density at radius 3 is 2.71 bits per heavy atom. The van der Waals surface area contributed by atoms with E-state index in [2.05, 4.69) is 4.98 Å². The molecule has 0 saturated heterocycles. The van der Waals surface area contributed by atoms with Crippen LogP contribution in [-0.4, -0.2) is 41.7 Å². The largest absolute Gasteiger partial charge is 0.496 e. The lowest BCUT2D eigenvalue weighted by Gasteiger charge is -2.34. The number of aliphatic hydroxyl groups excluding tert-OH is 1. The Kier molecular flexibility index (Phi) is 5.19. The molecule has 7 heteroatoms. The van der Waals surface area contributed by atoms with Crippen LogP contribution in [0.25, 0.3) is 10.2 Å². The number of rotatable bonds is 5. The predicted octanol–water partition coefficient (Wildman–Crippen LogP) is 3.32. The number of aryl methyl sites for hydroxylation is 1. The molecule has 1 N–H and O–H groups in total. The molecule has 1 atom stereocenters. The summed E-state index contributed by atoms with van der Waals surface area (Å²) in [6.07, 6.45) is 0.140. The summed E-state index contributed by atoms with van der Waals surface area (Å²) in [6, 6.07) is 11.6. The van der Waals surface area contributed by atoms with E-state index in [0.29, 0.717) is 36.4 Å². The fraction of sp³-hybridized carbons (Fsp3) is 0.333. The van der Waals surface area contributed by atoms with E-state index in [1.807, 2.05) is 24.3 Å². The molecule has 6 nitrogen and oxygen atoms in total. The topological polar surface area (TPSA) is 71.9 Å². The first-order chi connectivity index (χ1) is 13.6. The highest BCUT2D eigenvalue weighted by molar-refractivity contribution is 7.18. The Bertz CT molecular complexity index is 984. The third-order valence-electron chi connectivity index (χ3n) is 5.03. The zero-order valence-corrected chi connectivity index (χ0v) is 16.7. The van der Waals surface area contributed by atoms with E-state index in [1.54, 1.807) is 42.6 Å². The Hall–Kier alpha value is -2.64. The molecule has 0 fully saturated rings. The SMILES string of the molecule is COc1ccc(OC)c2c1CN(C(=O)CCc1nc3ccccc3s1)C[C@@H]2O. The van der Waals surface area contributed by atoms with Crippen LogP contribution in [0.2, 0.25) is 0 Å². The smallest absolute Gasteiger partial charge is 0.223 e. The first-order valence-corrected chi connectivity index (χ1v) is 9.96. The second-order valence-corrected chi connectivity index (χ2v) is 7.84. The molecule has 0 spiro atoms. The van der Waals surface area contributed by atoms with Gasteiger partial charge < -0.3 is 19.5 Å². The number of fused-ring (bicyclic) bond motifs is 2. The standard InChI is InChI=1S/C21H22N2O4S/c1-26-16-7-8-17(27-2)21-13(16)11-23(12-15(21)24)20(25)10-9-19-22-14-5-3-4-6-18(14)28-19/h3-8,15,24H,9-12H2,1-2H3/t15-/m0/s1. The third-order valence-corrected chi connectivity index (χ3v) is 6.13. The number of aliphatic hydroxyl groups is 1. The number of ether oxygens (including phenoxy) is 2. The van der Waals surface area contributed by atoms with Gasteiger partial charge in [-0.2, -0.15) is 0 Å². The van der Waals surface area contributed by atoms with Gasteiger partial charge in [-0.25, -0.2) is 4.98 Å². The molecule has 4 rings (SSSR count). The average molecular weight is 398 g/mol.